The van der Waals surface area contributed by atoms with Crippen molar-refractivity contribution in [2.75, 3.05) is 6.26 Å². The van der Waals surface area contributed by atoms with Crippen LogP contribution in [0.15, 0.2) is 11.0 Å². The van der Waals surface area contributed by atoms with E-state index in [1.54, 1.807) is 0 Å². The maximum absolute atomic E-state index is 11.8. The van der Waals surface area contributed by atoms with E-state index >= 15 is 0 Å². The van der Waals surface area contributed by atoms with Crippen LogP contribution in [0, 0.1) is 13.8 Å². The Kier molecular flexibility index (Phi) is 3.16. The standard InChI is InChI=1S/C12H19NO2S/c1-8-7-9(2)13-11(12(3,4)5)10(8)16(6,14)15/h7H,1-6H3. The zero-order valence-electron chi connectivity index (χ0n) is 10.7. The second-order valence-corrected chi connectivity index (χ2v) is 7.23. The number of sulfone groups is 1. The van der Waals surface area contributed by atoms with Crippen molar-refractivity contribution in [2.45, 2.75) is 44.9 Å². The van der Waals surface area contributed by atoms with Gasteiger partial charge in [0.2, 0.25) is 0 Å². The molecule has 0 unspecified atom stereocenters. The summed E-state index contributed by atoms with van der Waals surface area (Å²) in [5.74, 6) is 0. The van der Waals surface area contributed by atoms with Gasteiger partial charge in [-0.05, 0) is 25.5 Å². The van der Waals surface area contributed by atoms with Crippen LogP contribution < -0.4 is 0 Å². The summed E-state index contributed by atoms with van der Waals surface area (Å²) >= 11 is 0. The van der Waals surface area contributed by atoms with Crippen molar-refractivity contribution in [3.8, 4) is 0 Å². The Morgan fingerprint density at radius 3 is 2.06 bits per heavy atom. The third kappa shape index (κ3) is 2.61. The summed E-state index contributed by atoms with van der Waals surface area (Å²) in [6.45, 7) is 9.63. The molecule has 1 heterocycles. The van der Waals surface area contributed by atoms with E-state index in [0.717, 1.165) is 11.3 Å². The molecule has 90 valence electrons. The SMILES string of the molecule is Cc1cc(C)c(S(C)(=O)=O)c(C(C)(C)C)n1. The average molecular weight is 241 g/mol. The van der Waals surface area contributed by atoms with Gasteiger partial charge >= 0.3 is 0 Å². The minimum Gasteiger partial charge on any atom is -0.256 e. The van der Waals surface area contributed by atoms with Gasteiger partial charge in [-0.2, -0.15) is 0 Å². The molecule has 0 radical (unpaired) electrons. The van der Waals surface area contributed by atoms with Crippen molar-refractivity contribution in [1.29, 1.82) is 0 Å². The van der Waals surface area contributed by atoms with Crippen LogP contribution in [-0.4, -0.2) is 19.7 Å². The molecule has 4 heteroatoms. The molecule has 0 fully saturated rings. The monoisotopic (exact) mass is 241 g/mol. The highest BCUT2D eigenvalue weighted by molar-refractivity contribution is 7.90. The predicted molar refractivity (Wildman–Crippen MR) is 65.5 cm³/mol. The quantitative estimate of drug-likeness (QED) is 0.758. The highest BCUT2D eigenvalue weighted by atomic mass is 32.2. The average Bonchev–Trinajstić information content (AvgIpc) is 1.97. The zero-order valence-corrected chi connectivity index (χ0v) is 11.6. The molecule has 0 saturated heterocycles. The van der Waals surface area contributed by atoms with Gasteiger partial charge in [-0.3, -0.25) is 4.98 Å². The molecular weight excluding hydrogens is 222 g/mol. The Bertz CT molecular complexity index is 511. The largest absolute Gasteiger partial charge is 0.256 e. The summed E-state index contributed by atoms with van der Waals surface area (Å²) in [6.07, 6.45) is 1.24. The topological polar surface area (TPSA) is 47.0 Å². The maximum atomic E-state index is 11.8. The van der Waals surface area contributed by atoms with Gasteiger partial charge in [-0.15, -0.1) is 0 Å². The lowest BCUT2D eigenvalue weighted by Gasteiger charge is -2.22. The van der Waals surface area contributed by atoms with Gasteiger partial charge in [-0.25, -0.2) is 8.42 Å². The van der Waals surface area contributed by atoms with E-state index in [4.69, 9.17) is 0 Å². The number of rotatable bonds is 1. The van der Waals surface area contributed by atoms with Crippen LogP contribution in [0.3, 0.4) is 0 Å². The third-order valence-corrected chi connectivity index (χ3v) is 3.62. The number of nitrogens with zero attached hydrogens (tertiary/aromatic N) is 1. The van der Waals surface area contributed by atoms with Crippen molar-refractivity contribution >= 4 is 9.84 Å². The van der Waals surface area contributed by atoms with E-state index in [1.807, 2.05) is 40.7 Å². The van der Waals surface area contributed by atoms with Gasteiger partial charge in [-0.1, -0.05) is 20.8 Å². The van der Waals surface area contributed by atoms with Crippen LogP contribution in [0.4, 0.5) is 0 Å². The molecular formula is C12H19NO2S. The Morgan fingerprint density at radius 1 is 1.19 bits per heavy atom. The molecule has 0 saturated carbocycles. The van der Waals surface area contributed by atoms with Gasteiger partial charge in [0.1, 0.15) is 0 Å². The summed E-state index contributed by atoms with van der Waals surface area (Å²) in [5.41, 5.74) is 2.03. The Hall–Kier alpha value is -0.900. The summed E-state index contributed by atoms with van der Waals surface area (Å²) in [7, 11) is -3.23. The number of hydrogen-bond acceptors (Lipinski definition) is 3. The third-order valence-electron chi connectivity index (χ3n) is 2.37. The smallest absolute Gasteiger partial charge is 0.177 e. The maximum Gasteiger partial charge on any atom is 0.177 e. The first-order chi connectivity index (χ1) is 7.03. The zero-order chi connectivity index (χ0) is 12.7. The Morgan fingerprint density at radius 2 is 1.69 bits per heavy atom. The van der Waals surface area contributed by atoms with Crippen LogP contribution in [0.2, 0.25) is 0 Å². The van der Waals surface area contributed by atoms with Gasteiger partial charge in [0.25, 0.3) is 0 Å². The number of aryl methyl sites for hydroxylation is 2. The predicted octanol–water partition coefficient (Wildman–Crippen LogP) is 2.40. The Balaban J connectivity index is 3.72. The summed E-state index contributed by atoms with van der Waals surface area (Å²) in [4.78, 5) is 4.77. The Labute approximate surface area is 97.8 Å². The fourth-order valence-corrected chi connectivity index (χ4v) is 3.15. The van der Waals surface area contributed by atoms with Gasteiger partial charge < -0.3 is 0 Å². The molecule has 0 atom stereocenters. The number of pyridine rings is 1. The van der Waals surface area contributed by atoms with E-state index in [-0.39, 0.29) is 5.41 Å². The van der Waals surface area contributed by atoms with Crippen LogP contribution in [0.5, 0.6) is 0 Å². The fraction of sp³-hybridized carbons (Fsp3) is 0.583. The fourth-order valence-electron chi connectivity index (χ4n) is 1.80. The highest BCUT2D eigenvalue weighted by Crippen LogP contribution is 2.29. The number of hydrogen-bond donors (Lipinski definition) is 0. The second kappa shape index (κ2) is 3.84. The van der Waals surface area contributed by atoms with Crippen molar-refractivity contribution in [3.05, 3.63) is 23.0 Å². The lowest BCUT2D eigenvalue weighted by atomic mass is 9.90. The lowest BCUT2D eigenvalue weighted by molar-refractivity contribution is 0.541. The van der Waals surface area contributed by atoms with Crippen LogP contribution in [0.25, 0.3) is 0 Å². The van der Waals surface area contributed by atoms with E-state index < -0.39 is 9.84 Å². The van der Waals surface area contributed by atoms with Gasteiger partial charge in [0.05, 0.1) is 10.6 Å². The molecule has 0 aromatic carbocycles. The summed E-state index contributed by atoms with van der Waals surface area (Å²) < 4.78 is 23.6. The first-order valence-corrected chi connectivity index (χ1v) is 7.11. The van der Waals surface area contributed by atoms with Gasteiger partial charge in [0.15, 0.2) is 9.84 Å². The molecule has 0 aliphatic carbocycles. The lowest BCUT2D eigenvalue weighted by Crippen LogP contribution is -2.20. The molecule has 0 bridgehead atoms. The molecule has 1 rings (SSSR count). The van der Waals surface area contributed by atoms with Crippen molar-refractivity contribution in [2.24, 2.45) is 0 Å². The van der Waals surface area contributed by atoms with Crippen molar-refractivity contribution in [1.82, 2.24) is 4.98 Å². The summed E-state index contributed by atoms with van der Waals surface area (Å²) in [6, 6.07) is 1.81. The first-order valence-electron chi connectivity index (χ1n) is 5.22. The molecule has 1 aromatic heterocycles. The van der Waals surface area contributed by atoms with Crippen LogP contribution in [-0.2, 0) is 15.3 Å². The van der Waals surface area contributed by atoms with E-state index in [9.17, 15) is 8.42 Å². The number of aromatic nitrogens is 1. The minimum absolute atomic E-state index is 0.269. The van der Waals surface area contributed by atoms with Crippen molar-refractivity contribution < 1.29 is 8.42 Å². The molecule has 1 aromatic rings. The molecule has 0 spiro atoms. The molecule has 0 N–H and O–H groups in total. The molecule has 0 aliphatic heterocycles. The molecule has 0 amide bonds. The van der Waals surface area contributed by atoms with E-state index in [0.29, 0.717) is 10.6 Å². The highest BCUT2D eigenvalue weighted by Gasteiger charge is 2.26. The van der Waals surface area contributed by atoms with E-state index in [2.05, 4.69) is 4.98 Å². The first kappa shape index (κ1) is 13.2. The summed E-state index contributed by atoms with van der Waals surface area (Å²) in [5, 5.41) is 0. The van der Waals surface area contributed by atoms with Crippen LogP contribution >= 0.6 is 0 Å². The molecule has 0 aliphatic rings. The van der Waals surface area contributed by atoms with Crippen molar-refractivity contribution in [3.63, 3.8) is 0 Å². The normalized spacial score (nSPS) is 12.9. The molecule has 16 heavy (non-hydrogen) atoms. The van der Waals surface area contributed by atoms with Gasteiger partial charge in [0, 0.05) is 17.4 Å². The molecule has 3 nitrogen and oxygen atoms in total. The minimum atomic E-state index is -3.23. The van der Waals surface area contributed by atoms with Crippen LogP contribution in [0.1, 0.15) is 37.7 Å². The second-order valence-electron chi connectivity index (χ2n) is 5.28. The van der Waals surface area contributed by atoms with E-state index in [1.165, 1.54) is 6.26 Å².